The van der Waals surface area contributed by atoms with Crippen LogP contribution in [0.3, 0.4) is 0 Å². The van der Waals surface area contributed by atoms with Crippen LogP contribution in [0.2, 0.25) is 0 Å². The summed E-state index contributed by atoms with van der Waals surface area (Å²) in [5.74, 6) is 0. The van der Waals surface area contributed by atoms with Gasteiger partial charge in [0.05, 0.1) is 0 Å². The van der Waals surface area contributed by atoms with Gasteiger partial charge in [0, 0.05) is 35.2 Å². The van der Waals surface area contributed by atoms with Crippen molar-refractivity contribution in [2.75, 3.05) is 0 Å². The number of hydrogen-bond donors (Lipinski definition) is 0. The maximum absolute atomic E-state index is 8.48. The molecule has 0 aliphatic rings. The van der Waals surface area contributed by atoms with Crippen LogP contribution in [0.15, 0.2) is 0 Å². The fourth-order valence-electron chi connectivity index (χ4n) is 0. The summed E-state index contributed by atoms with van der Waals surface area (Å²) < 4.78 is 0. The molecule has 0 N–H and O–H groups in total. The molecule has 8 radical (unpaired) electrons. The van der Waals surface area contributed by atoms with Gasteiger partial charge in [-0.25, -0.2) is 0 Å². The molecule has 0 aromatic carbocycles. The van der Waals surface area contributed by atoms with Crippen molar-refractivity contribution in [2.45, 2.75) is 0 Å². The van der Waals surface area contributed by atoms with Gasteiger partial charge in [-0.15, -0.1) is 0 Å². The van der Waals surface area contributed by atoms with E-state index >= 15 is 0 Å². The Labute approximate surface area is 58.7 Å². The van der Waals surface area contributed by atoms with E-state index in [0.29, 0.717) is 0 Å². The Bertz CT molecular complexity index is 13.5. The normalized spacial score (nSPS) is 6.00. The van der Waals surface area contributed by atoms with E-state index in [4.69, 9.17) is 14.7 Å². The van der Waals surface area contributed by atoms with Crippen molar-refractivity contribution in [3.8, 4) is 0 Å². The summed E-state index contributed by atoms with van der Waals surface area (Å²) in [5.41, 5.74) is 0. The van der Waals surface area contributed by atoms with Crippen molar-refractivity contribution in [1.29, 1.82) is 0 Å². The second-order valence-electron chi connectivity index (χ2n) is 0.224. The molecule has 0 aromatic rings. The molecule has 0 aliphatic heterocycles. The third kappa shape index (κ3) is 53.5. The van der Waals surface area contributed by atoms with Gasteiger partial charge < -0.3 is 23.3 Å². The molecule has 6 heteroatoms. The maximum atomic E-state index is 8.48. The summed E-state index contributed by atoms with van der Waals surface area (Å²) in [7, 11) is -3.37. The standard InChI is InChI=1S/2Ge.O3P/c;;1-4(2)3/q;;-3. The summed E-state index contributed by atoms with van der Waals surface area (Å²) in [6, 6.07) is 0. The Morgan fingerprint density at radius 2 is 0.833 bits per heavy atom. The zero-order chi connectivity index (χ0) is 3.58. The van der Waals surface area contributed by atoms with E-state index in [9.17, 15) is 0 Å². The van der Waals surface area contributed by atoms with Gasteiger partial charge in [0.15, 0.2) is 0 Å². The van der Waals surface area contributed by atoms with Crippen molar-refractivity contribution in [1.82, 2.24) is 0 Å². The van der Waals surface area contributed by atoms with Gasteiger partial charge in [0.25, 0.3) is 0 Å². The summed E-state index contributed by atoms with van der Waals surface area (Å²) in [4.78, 5) is 25.4. The summed E-state index contributed by atoms with van der Waals surface area (Å²) in [5, 5.41) is 0. The minimum Gasteiger partial charge on any atom is -0.854 e. The Morgan fingerprint density at radius 3 is 0.833 bits per heavy atom. The zero-order valence-electron chi connectivity index (χ0n) is 2.67. The van der Waals surface area contributed by atoms with Crippen LogP contribution in [0.1, 0.15) is 0 Å². The molecular formula is Ge2O3P-3. The van der Waals surface area contributed by atoms with Crippen LogP contribution in [-0.2, 0) is 0 Å². The molecule has 34 valence electrons. The van der Waals surface area contributed by atoms with Gasteiger partial charge >= 0.3 is 0 Å². The van der Waals surface area contributed by atoms with Crippen LogP contribution in [0.5, 0.6) is 0 Å². The van der Waals surface area contributed by atoms with Gasteiger partial charge in [-0.3, -0.25) is 0 Å². The van der Waals surface area contributed by atoms with Gasteiger partial charge in [-0.1, -0.05) is 0 Å². The van der Waals surface area contributed by atoms with E-state index in [0.717, 1.165) is 0 Å². The summed E-state index contributed by atoms with van der Waals surface area (Å²) >= 11 is 0. The molecule has 0 aliphatic carbocycles. The average Bonchev–Trinajstić information content (AvgIpc) is 0.811. The maximum Gasteiger partial charge on any atom is 0 e. The van der Waals surface area contributed by atoms with Crippen molar-refractivity contribution in [3.63, 3.8) is 0 Å². The fraction of sp³-hybridized carbons (Fsp3) is 0. The minimum absolute atomic E-state index is 0. The molecule has 0 rings (SSSR count). The fourth-order valence-corrected chi connectivity index (χ4v) is 0. The van der Waals surface area contributed by atoms with Gasteiger partial charge in [-0.05, 0) is 0 Å². The summed E-state index contributed by atoms with van der Waals surface area (Å²) in [6.45, 7) is 0. The van der Waals surface area contributed by atoms with E-state index in [-0.39, 0.29) is 35.2 Å². The smallest absolute Gasteiger partial charge is 0 e. The average molecular weight is 224 g/mol. The molecule has 0 atom stereocenters. The zero-order valence-corrected chi connectivity index (χ0v) is 7.76. The van der Waals surface area contributed by atoms with Crippen LogP contribution >= 0.6 is 8.60 Å². The van der Waals surface area contributed by atoms with Crippen LogP contribution < -0.4 is 14.7 Å². The molecule has 0 spiro atoms. The van der Waals surface area contributed by atoms with Crippen molar-refractivity contribution >= 4 is 43.8 Å². The molecule has 0 unspecified atom stereocenters. The van der Waals surface area contributed by atoms with Gasteiger partial charge in [-0.2, -0.15) is 0 Å². The SMILES string of the molecule is [Ge].[Ge].[O-]P([O-])[O-]. The molecule has 0 saturated heterocycles. The first-order chi connectivity index (χ1) is 1.73. The third-order valence-electron chi connectivity index (χ3n) is 0. The van der Waals surface area contributed by atoms with Crippen molar-refractivity contribution < 1.29 is 14.7 Å². The molecular weight excluding hydrogens is 224 g/mol. The van der Waals surface area contributed by atoms with E-state index in [1.54, 1.807) is 0 Å². The first-order valence-corrected chi connectivity index (χ1v) is 1.64. The van der Waals surface area contributed by atoms with Gasteiger partial charge in [0.2, 0.25) is 0 Å². The van der Waals surface area contributed by atoms with E-state index < -0.39 is 8.60 Å². The molecule has 0 bridgehead atoms. The summed E-state index contributed by atoms with van der Waals surface area (Å²) in [6.07, 6.45) is 0. The predicted octanol–water partition coefficient (Wildman–Crippen LogP) is -3.47. The first kappa shape index (κ1) is 15.7. The molecule has 0 fully saturated rings. The third-order valence-corrected chi connectivity index (χ3v) is 0. The monoisotopic (exact) mass is 227 g/mol. The predicted molar refractivity (Wildman–Crippen MR) is 18.4 cm³/mol. The van der Waals surface area contributed by atoms with Crippen molar-refractivity contribution in [3.05, 3.63) is 0 Å². The Balaban J connectivity index is -0.0000000450. The Kier molecular flexibility index (Phi) is 25.1. The van der Waals surface area contributed by atoms with Crippen LogP contribution in [0.4, 0.5) is 0 Å². The second kappa shape index (κ2) is 9.64. The molecule has 6 heavy (non-hydrogen) atoms. The van der Waals surface area contributed by atoms with Crippen LogP contribution in [-0.4, -0.2) is 35.2 Å². The first-order valence-electron chi connectivity index (χ1n) is 0.548. The number of hydrogen-bond acceptors (Lipinski definition) is 3. The molecule has 0 heterocycles. The Morgan fingerprint density at radius 1 is 0.833 bits per heavy atom. The van der Waals surface area contributed by atoms with Crippen LogP contribution in [0.25, 0.3) is 0 Å². The largest absolute Gasteiger partial charge is 0.854 e. The molecule has 3 nitrogen and oxygen atoms in total. The van der Waals surface area contributed by atoms with Crippen molar-refractivity contribution in [2.24, 2.45) is 0 Å². The second-order valence-corrected chi connectivity index (χ2v) is 0.671. The van der Waals surface area contributed by atoms with Gasteiger partial charge in [0.1, 0.15) is 0 Å². The van der Waals surface area contributed by atoms with Crippen LogP contribution in [0, 0.1) is 0 Å². The number of rotatable bonds is 0. The minimum atomic E-state index is -3.37. The molecule has 0 saturated carbocycles. The van der Waals surface area contributed by atoms with E-state index in [2.05, 4.69) is 0 Å². The quantitative estimate of drug-likeness (QED) is 0.317. The van der Waals surface area contributed by atoms with E-state index in [1.165, 1.54) is 0 Å². The molecule has 0 amide bonds. The Hall–Kier alpha value is 1.40. The van der Waals surface area contributed by atoms with E-state index in [1.807, 2.05) is 0 Å². The topological polar surface area (TPSA) is 69.2 Å². The molecule has 0 aromatic heterocycles.